The third-order valence-electron chi connectivity index (χ3n) is 9.57. The third-order valence-corrected chi connectivity index (χ3v) is 10.7. The molecule has 8 rings (SSSR count). The van der Waals surface area contributed by atoms with Gasteiger partial charge in [0.25, 0.3) is 0 Å². The maximum absolute atomic E-state index is 5.09. The maximum Gasteiger partial charge on any atom is 0.161 e. The van der Waals surface area contributed by atoms with Crippen LogP contribution in [0.1, 0.15) is 40.8 Å². The number of aryl methyl sites for hydroxylation is 1. The predicted molar refractivity (Wildman–Crippen MR) is 215 cm³/mol. The van der Waals surface area contributed by atoms with E-state index in [-0.39, 0.29) is 0 Å². The summed E-state index contributed by atoms with van der Waals surface area (Å²) in [6.45, 7) is 4.46. The van der Waals surface area contributed by atoms with E-state index in [0.717, 1.165) is 59.3 Å². The van der Waals surface area contributed by atoms with Crippen molar-refractivity contribution in [2.24, 2.45) is 15.0 Å². The average Bonchev–Trinajstić information content (AvgIpc) is 3.57. The highest BCUT2D eigenvalue weighted by molar-refractivity contribution is 7.20. The van der Waals surface area contributed by atoms with Crippen LogP contribution in [-0.2, 0) is 13.0 Å². The Morgan fingerprint density at radius 3 is 2.06 bits per heavy atom. The molecule has 0 aliphatic heterocycles. The van der Waals surface area contributed by atoms with Gasteiger partial charge in [0, 0.05) is 20.5 Å². The first-order chi connectivity index (χ1) is 24.7. The Bertz CT molecular complexity index is 2340. The number of benzene rings is 5. The van der Waals surface area contributed by atoms with Gasteiger partial charge in [0.1, 0.15) is 0 Å². The SMILES string of the molecule is C=NC(=NC(=NCc1ccccc1)C1=CC=C(C2=Cc3sc4cccc(-c5ccccc5)c4c3CC2)CC1)c1cccc(-c2ccccc2)c1. The first kappa shape index (κ1) is 31.6. The second-order valence-electron chi connectivity index (χ2n) is 12.7. The van der Waals surface area contributed by atoms with E-state index >= 15 is 0 Å². The molecule has 3 nitrogen and oxygen atoms in total. The van der Waals surface area contributed by atoms with Crippen molar-refractivity contribution < 1.29 is 0 Å². The molecule has 5 aromatic carbocycles. The zero-order chi connectivity index (χ0) is 33.7. The number of amidine groups is 2. The molecule has 0 spiro atoms. The van der Waals surface area contributed by atoms with Gasteiger partial charge in [-0.2, -0.15) is 0 Å². The zero-order valence-corrected chi connectivity index (χ0v) is 28.7. The first-order valence-corrected chi connectivity index (χ1v) is 18.1. The molecule has 0 radical (unpaired) electrons. The second kappa shape index (κ2) is 14.4. The molecule has 0 amide bonds. The standard InChI is InChI=1S/C46H37N3S/c1-47-45(39-20-11-19-37(29-39)33-15-7-3-8-16-33)49-46(48-31-32-13-5-2-6-14-32)36-25-23-34(24-26-36)38-27-28-41-43(30-38)50-42-22-12-21-40(44(41)42)35-17-9-4-10-18-35/h2-23,25,29-30H,1,24,26-28,31H2. The number of rotatable bonds is 7. The quantitative estimate of drug-likeness (QED) is 0.120. The van der Waals surface area contributed by atoms with Crippen molar-refractivity contribution in [1.29, 1.82) is 0 Å². The van der Waals surface area contributed by atoms with Crippen LogP contribution >= 0.6 is 11.3 Å². The van der Waals surface area contributed by atoms with E-state index in [2.05, 4.69) is 145 Å². The maximum atomic E-state index is 5.09. The summed E-state index contributed by atoms with van der Waals surface area (Å²) < 4.78 is 1.37. The molecule has 6 aromatic rings. The number of thiophene rings is 1. The van der Waals surface area contributed by atoms with Crippen molar-refractivity contribution in [3.63, 3.8) is 0 Å². The van der Waals surface area contributed by atoms with Crippen LogP contribution in [0, 0.1) is 0 Å². The fourth-order valence-electron chi connectivity index (χ4n) is 7.01. The smallest absolute Gasteiger partial charge is 0.161 e. The van der Waals surface area contributed by atoms with E-state index in [1.807, 2.05) is 29.5 Å². The molecular weight excluding hydrogens is 627 g/mol. The molecule has 4 heteroatoms. The van der Waals surface area contributed by atoms with Gasteiger partial charge in [0.2, 0.25) is 0 Å². The van der Waals surface area contributed by atoms with Gasteiger partial charge in [-0.25, -0.2) is 9.98 Å². The summed E-state index contributed by atoms with van der Waals surface area (Å²) in [4.78, 5) is 16.0. The number of hydrogen-bond acceptors (Lipinski definition) is 2. The van der Waals surface area contributed by atoms with Gasteiger partial charge in [-0.1, -0.05) is 133 Å². The predicted octanol–water partition coefficient (Wildman–Crippen LogP) is 12.0. The van der Waals surface area contributed by atoms with Crippen molar-refractivity contribution in [2.45, 2.75) is 32.2 Å². The van der Waals surface area contributed by atoms with Crippen LogP contribution < -0.4 is 0 Å². The van der Waals surface area contributed by atoms with Gasteiger partial charge in [-0.15, -0.1) is 11.3 Å². The second-order valence-corrected chi connectivity index (χ2v) is 13.8. The summed E-state index contributed by atoms with van der Waals surface area (Å²) in [5, 5.41) is 1.42. The fraction of sp³-hybridized carbons (Fsp3) is 0.109. The van der Waals surface area contributed by atoms with Gasteiger partial charge in [0.15, 0.2) is 11.7 Å². The normalized spacial score (nSPS) is 14.8. The molecule has 0 atom stereocenters. The number of hydrogen-bond donors (Lipinski definition) is 0. The van der Waals surface area contributed by atoms with Gasteiger partial charge >= 0.3 is 0 Å². The summed E-state index contributed by atoms with van der Waals surface area (Å²) in [5.41, 5.74) is 12.4. The Balaban J connectivity index is 1.12. The molecular formula is C46H37N3S. The number of allylic oxidation sites excluding steroid dienone is 4. The summed E-state index contributed by atoms with van der Waals surface area (Å²) in [5.74, 6) is 1.29. The lowest BCUT2D eigenvalue weighted by atomic mass is 9.85. The van der Waals surface area contributed by atoms with Crippen molar-refractivity contribution in [2.75, 3.05) is 0 Å². The van der Waals surface area contributed by atoms with Crippen LogP contribution in [0.3, 0.4) is 0 Å². The minimum Gasteiger partial charge on any atom is -0.262 e. The number of nitrogens with zero attached hydrogens (tertiary/aromatic N) is 3. The Hall–Kier alpha value is -5.71. The molecule has 242 valence electrons. The Morgan fingerprint density at radius 1 is 0.620 bits per heavy atom. The van der Waals surface area contributed by atoms with Crippen molar-refractivity contribution in [3.05, 3.63) is 184 Å². The molecule has 50 heavy (non-hydrogen) atoms. The lowest BCUT2D eigenvalue weighted by Gasteiger charge is -2.21. The van der Waals surface area contributed by atoms with E-state index in [9.17, 15) is 0 Å². The van der Waals surface area contributed by atoms with Crippen molar-refractivity contribution >= 4 is 45.9 Å². The molecule has 0 saturated carbocycles. The molecule has 1 heterocycles. The van der Waals surface area contributed by atoms with Crippen LogP contribution in [0.15, 0.2) is 177 Å². The minimum atomic E-state index is 0.549. The molecule has 0 fully saturated rings. The number of aliphatic imine (C=N–C) groups is 3. The molecule has 0 saturated heterocycles. The largest absolute Gasteiger partial charge is 0.262 e. The van der Waals surface area contributed by atoms with E-state index in [1.165, 1.54) is 42.8 Å². The highest BCUT2D eigenvalue weighted by Gasteiger charge is 2.22. The van der Waals surface area contributed by atoms with E-state index in [4.69, 9.17) is 9.98 Å². The Labute approximate surface area is 298 Å². The monoisotopic (exact) mass is 663 g/mol. The summed E-state index contributed by atoms with van der Waals surface area (Å²) in [6, 6.07) is 46.6. The van der Waals surface area contributed by atoms with Crippen LogP contribution in [-0.4, -0.2) is 18.4 Å². The lowest BCUT2D eigenvalue weighted by molar-refractivity contribution is 0.879. The van der Waals surface area contributed by atoms with E-state index in [0.29, 0.717) is 12.4 Å². The average molecular weight is 664 g/mol. The summed E-state index contributed by atoms with van der Waals surface area (Å²) >= 11 is 1.92. The van der Waals surface area contributed by atoms with Crippen LogP contribution in [0.4, 0.5) is 0 Å². The van der Waals surface area contributed by atoms with Gasteiger partial charge in [0.05, 0.1) is 6.54 Å². The van der Waals surface area contributed by atoms with Crippen molar-refractivity contribution in [1.82, 2.24) is 0 Å². The molecule has 1 aromatic heterocycles. The third kappa shape index (κ3) is 6.63. The zero-order valence-electron chi connectivity index (χ0n) is 27.9. The van der Waals surface area contributed by atoms with Crippen molar-refractivity contribution in [3.8, 4) is 22.3 Å². The summed E-state index contributed by atoms with van der Waals surface area (Å²) in [7, 11) is 0. The number of fused-ring (bicyclic) bond motifs is 3. The van der Waals surface area contributed by atoms with Crippen LogP contribution in [0.25, 0.3) is 38.4 Å². The van der Waals surface area contributed by atoms with Crippen LogP contribution in [0.2, 0.25) is 0 Å². The highest BCUT2D eigenvalue weighted by atomic mass is 32.1. The lowest BCUT2D eigenvalue weighted by Crippen LogP contribution is -2.10. The molecule has 0 N–H and O–H groups in total. The molecule has 0 bridgehead atoms. The first-order valence-electron chi connectivity index (χ1n) is 17.2. The molecule has 0 unspecified atom stereocenters. The Morgan fingerprint density at radius 2 is 1.32 bits per heavy atom. The van der Waals surface area contributed by atoms with Crippen LogP contribution in [0.5, 0.6) is 0 Å². The fourth-order valence-corrected chi connectivity index (χ4v) is 8.25. The Kier molecular flexibility index (Phi) is 9.10. The van der Waals surface area contributed by atoms with Gasteiger partial charge in [-0.05, 0) is 101 Å². The van der Waals surface area contributed by atoms with Gasteiger partial charge in [-0.3, -0.25) is 4.99 Å². The molecule has 2 aliphatic rings. The van der Waals surface area contributed by atoms with E-state index < -0.39 is 0 Å². The summed E-state index contributed by atoms with van der Waals surface area (Å²) in [6.07, 6.45) is 10.9. The van der Waals surface area contributed by atoms with E-state index in [1.54, 1.807) is 0 Å². The van der Waals surface area contributed by atoms with Gasteiger partial charge < -0.3 is 0 Å². The molecule has 2 aliphatic carbocycles. The minimum absolute atomic E-state index is 0.549. The highest BCUT2D eigenvalue weighted by Crippen LogP contribution is 2.44. The topological polar surface area (TPSA) is 37.1 Å².